The van der Waals surface area contributed by atoms with Gasteiger partial charge in [0.2, 0.25) is 0 Å². The van der Waals surface area contributed by atoms with Crippen LogP contribution < -0.4 is 0 Å². The number of hydrogen-bond donors (Lipinski definition) is 0. The van der Waals surface area contributed by atoms with Gasteiger partial charge in [-0.3, -0.25) is 0 Å². The minimum Gasteiger partial charge on any atom is -0.344 e. The van der Waals surface area contributed by atoms with E-state index in [2.05, 4.69) is 182 Å². The van der Waals surface area contributed by atoms with E-state index >= 15 is 0 Å². The van der Waals surface area contributed by atoms with Crippen LogP contribution in [-0.4, -0.2) is 34.7 Å². The predicted molar refractivity (Wildman–Crippen MR) is 270 cm³/mol. The molecule has 2 aromatic heterocycles. The molecule has 0 fully saturated rings. The minimum atomic E-state index is 0.967. The van der Waals surface area contributed by atoms with Crippen molar-refractivity contribution < 1.29 is 0 Å². The molecule has 0 aliphatic heterocycles. The van der Waals surface area contributed by atoms with Gasteiger partial charge < -0.3 is 14.0 Å². The van der Waals surface area contributed by atoms with Gasteiger partial charge in [-0.2, -0.15) is 0 Å². The second kappa shape index (κ2) is 23.9. The van der Waals surface area contributed by atoms with Crippen LogP contribution in [0.1, 0.15) is 94.2 Å². The fourth-order valence-corrected chi connectivity index (χ4v) is 7.93. The molecular formula is C56H73N3. The normalized spacial score (nSPS) is 10.5. The van der Waals surface area contributed by atoms with Gasteiger partial charge in [0.25, 0.3) is 0 Å². The quantitative estimate of drug-likeness (QED) is 0.170. The summed E-state index contributed by atoms with van der Waals surface area (Å²) in [7, 11) is 6.23. The smallest absolute Gasteiger partial charge is 0.0571 e. The Kier molecular flexibility index (Phi) is 19.4. The summed E-state index contributed by atoms with van der Waals surface area (Å²) in [5.74, 6) is 0. The molecule has 3 heteroatoms. The summed E-state index contributed by atoms with van der Waals surface area (Å²) in [5.41, 5.74) is 11.2. The van der Waals surface area contributed by atoms with Gasteiger partial charge in [0.1, 0.15) is 0 Å². The molecule has 1 aliphatic carbocycles. The Labute approximate surface area is 357 Å². The van der Waals surface area contributed by atoms with Crippen molar-refractivity contribution in [2.45, 2.75) is 96.1 Å². The van der Waals surface area contributed by atoms with Crippen LogP contribution in [0.25, 0.3) is 76.3 Å². The Balaban J connectivity index is 0.000000268. The predicted octanol–water partition coefficient (Wildman–Crippen LogP) is 16.7. The first-order chi connectivity index (χ1) is 29.0. The monoisotopic (exact) mass is 788 g/mol. The third-order valence-corrected chi connectivity index (χ3v) is 10.4. The zero-order valence-electron chi connectivity index (χ0n) is 39.2. The number of benzene rings is 7. The van der Waals surface area contributed by atoms with Crippen molar-refractivity contribution in [3.05, 3.63) is 145 Å². The molecule has 0 saturated carbocycles. The van der Waals surface area contributed by atoms with Crippen LogP contribution in [0, 0.1) is 0 Å². The standard InChI is InChI=1S/C29H21N.C13H11N.C4H11N.5C2H6/c1-2-30-28-21-12-6-3-9-18(21)15-16-24(28)27-23-14-8-7-13-22(23)26-20-11-5-4-10-19(20)17-25(26)29(27)30;1-14-12-8-4-2-6-10(12)11-7-3-5-9-13(11)14;1-4-5(2)3;5*1-2/h3-16H,2,17H2,1H3;2-9H,1H3;4H2,1-3H3;5*1-2H3. The molecule has 0 unspecified atom stereocenters. The van der Waals surface area contributed by atoms with Gasteiger partial charge >= 0.3 is 0 Å². The van der Waals surface area contributed by atoms with Crippen LogP contribution >= 0.6 is 0 Å². The minimum absolute atomic E-state index is 0.967. The number of para-hydroxylation sites is 2. The second-order valence-electron chi connectivity index (χ2n) is 13.4. The average molecular weight is 788 g/mol. The van der Waals surface area contributed by atoms with Crippen LogP contribution in [0.15, 0.2) is 133 Å². The Morgan fingerprint density at radius 3 is 1.47 bits per heavy atom. The molecule has 0 atom stereocenters. The SMILES string of the molecule is CC.CC.CC.CC.CC.CCN(C)C.CCn1c2c3c(c4ccccc4c2c2ccc4ccccc4c21)-c1ccccc1C3.Cn1c2ccccc2c2ccccc21. The molecule has 59 heavy (non-hydrogen) atoms. The highest BCUT2D eigenvalue weighted by molar-refractivity contribution is 6.29. The maximum absolute atomic E-state index is 2.57. The zero-order chi connectivity index (χ0) is 43.6. The van der Waals surface area contributed by atoms with Crippen LogP contribution in [0.3, 0.4) is 0 Å². The average Bonchev–Trinajstić information content (AvgIpc) is 3.98. The Bertz CT molecular complexity index is 2600. The molecule has 2 heterocycles. The van der Waals surface area contributed by atoms with Gasteiger partial charge in [-0.25, -0.2) is 0 Å². The van der Waals surface area contributed by atoms with Crippen molar-refractivity contribution >= 4 is 65.2 Å². The second-order valence-corrected chi connectivity index (χ2v) is 13.4. The first kappa shape index (κ1) is 48.0. The molecular weight excluding hydrogens is 715 g/mol. The molecule has 0 saturated heterocycles. The van der Waals surface area contributed by atoms with Crippen molar-refractivity contribution in [1.29, 1.82) is 0 Å². The summed E-state index contributed by atoms with van der Waals surface area (Å²) in [6.07, 6.45) is 1.01. The molecule has 0 spiro atoms. The van der Waals surface area contributed by atoms with Gasteiger partial charge in [0, 0.05) is 58.0 Å². The van der Waals surface area contributed by atoms with Gasteiger partial charge in [0.05, 0.1) is 11.0 Å². The Hall–Kier alpha value is -5.38. The van der Waals surface area contributed by atoms with E-state index in [9.17, 15) is 0 Å². The number of fused-ring (bicyclic) bond motifs is 15. The van der Waals surface area contributed by atoms with E-state index in [0.717, 1.165) is 19.5 Å². The van der Waals surface area contributed by atoms with Gasteiger partial charge in [-0.15, -0.1) is 0 Å². The summed E-state index contributed by atoms with van der Waals surface area (Å²) in [4.78, 5) is 2.12. The number of nitrogens with zero attached hydrogens (tertiary/aromatic N) is 3. The third-order valence-electron chi connectivity index (χ3n) is 10.4. The summed E-state index contributed by atoms with van der Waals surface area (Å²) in [6.45, 7) is 26.5. The maximum Gasteiger partial charge on any atom is 0.0571 e. The van der Waals surface area contributed by atoms with Crippen molar-refractivity contribution in [1.82, 2.24) is 14.0 Å². The summed E-state index contributed by atoms with van der Waals surface area (Å²) in [6, 6.07) is 48.4. The molecule has 9 aromatic rings. The lowest BCUT2D eigenvalue weighted by Gasteiger charge is -2.12. The van der Waals surface area contributed by atoms with E-state index < -0.39 is 0 Å². The number of aryl methyl sites for hydroxylation is 2. The summed E-state index contributed by atoms with van der Waals surface area (Å²) < 4.78 is 4.81. The first-order valence-electron chi connectivity index (χ1n) is 22.5. The van der Waals surface area contributed by atoms with E-state index in [4.69, 9.17) is 0 Å². The molecule has 7 aromatic carbocycles. The van der Waals surface area contributed by atoms with E-state index in [1.54, 1.807) is 0 Å². The lowest BCUT2D eigenvalue weighted by molar-refractivity contribution is 0.434. The topological polar surface area (TPSA) is 13.1 Å². The fraction of sp³-hybridized carbons (Fsp3) is 0.321. The maximum atomic E-state index is 2.57. The van der Waals surface area contributed by atoms with Gasteiger partial charge in [0.15, 0.2) is 0 Å². The molecule has 312 valence electrons. The zero-order valence-corrected chi connectivity index (χ0v) is 39.2. The summed E-state index contributed by atoms with van der Waals surface area (Å²) in [5, 5.41) is 10.9. The molecule has 0 radical (unpaired) electrons. The van der Waals surface area contributed by atoms with E-state index in [-0.39, 0.29) is 0 Å². The number of rotatable bonds is 2. The molecule has 0 amide bonds. The van der Waals surface area contributed by atoms with Crippen molar-refractivity contribution in [3.8, 4) is 11.1 Å². The molecule has 3 nitrogen and oxygen atoms in total. The van der Waals surface area contributed by atoms with E-state index in [0.29, 0.717) is 0 Å². The highest BCUT2D eigenvalue weighted by Gasteiger charge is 2.27. The van der Waals surface area contributed by atoms with E-state index in [1.807, 2.05) is 69.2 Å². The van der Waals surface area contributed by atoms with Crippen LogP contribution in [0.5, 0.6) is 0 Å². The Morgan fingerprint density at radius 1 is 0.475 bits per heavy atom. The first-order valence-corrected chi connectivity index (χ1v) is 22.5. The Morgan fingerprint density at radius 2 is 0.932 bits per heavy atom. The number of aromatic nitrogens is 2. The van der Waals surface area contributed by atoms with Crippen molar-refractivity contribution in [2.24, 2.45) is 7.05 Å². The fourth-order valence-electron chi connectivity index (χ4n) is 7.93. The number of hydrogen-bond acceptors (Lipinski definition) is 1. The van der Waals surface area contributed by atoms with Crippen LogP contribution in [0.2, 0.25) is 0 Å². The lowest BCUT2D eigenvalue weighted by Crippen LogP contribution is -2.08. The molecule has 0 bridgehead atoms. The lowest BCUT2D eigenvalue weighted by atomic mass is 9.93. The molecule has 1 aliphatic rings. The van der Waals surface area contributed by atoms with Gasteiger partial charge in [-0.05, 0) is 78.1 Å². The van der Waals surface area contributed by atoms with Crippen LogP contribution in [0.4, 0.5) is 0 Å². The van der Waals surface area contributed by atoms with Crippen molar-refractivity contribution in [3.63, 3.8) is 0 Å². The van der Waals surface area contributed by atoms with Gasteiger partial charge in [-0.1, -0.05) is 197 Å². The molecule has 10 rings (SSSR count). The third kappa shape index (κ3) is 9.58. The highest BCUT2D eigenvalue weighted by atomic mass is 15.0. The van der Waals surface area contributed by atoms with Crippen molar-refractivity contribution in [2.75, 3.05) is 20.6 Å². The summed E-state index contributed by atoms with van der Waals surface area (Å²) >= 11 is 0. The van der Waals surface area contributed by atoms with E-state index in [1.165, 1.54) is 87.4 Å². The largest absolute Gasteiger partial charge is 0.344 e. The highest BCUT2D eigenvalue weighted by Crippen LogP contribution is 2.49. The van der Waals surface area contributed by atoms with Crippen LogP contribution in [-0.2, 0) is 20.0 Å². The molecule has 0 N–H and O–H groups in total.